The number of imide groups is 1. The SMILES string of the molecule is C[C@H]1C(=O)N(C)C(=O)N1C. The summed E-state index contributed by atoms with van der Waals surface area (Å²) in [6.45, 7) is 1.71. The molecule has 0 aromatic rings. The second kappa shape index (κ2) is 1.97. The van der Waals surface area contributed by atoms with Crippen molar-refractivity contribution in [1.29, 1.82) is 0 Å². The first-order valence-electron chi connectivity index (χ1n) is 3.10. The zero-order valence-corrected chi connectivity index (χ0v) is 6.29. The third-order valence-electron chi connectivity index (χ3n) is 1.86. The Bertz CT molecular complexity index is 170. The lowest BCUT2D eigenvalue weighted by molar-refractivity contribution is -0.126. The molecule has 0 aromatic carbocycles. The van der Waals surface area contributed by atoms with Gasteiger partial charge in [-0.15, -0.1) is 0 Å². The maximum absolute atomic E-state index is 11.0. The zero-order chi connectivity index (χ0) is 7.89. The summed E-state index contributed by atoms with van der Waals surface area (Å²) in [6, 6.07) is -0.519. The summed E-state index contributed by atoms with van der Waals surface area (Å²) in [4.78, 5) is 24.5. The lowest BCUT2D eigenvalue weighted by atomic mass is 10.3. The van der Waals surface area contributed by atoms with Gasteiger partial charge < -0.3 is 4.90 Å². The summed E-state index contributed by atoms with van der Waals surface area (Å²) in [5.41, 5.74) is 0. The molecule has 0 aromatic heterocycles. The largest absolute Gasteiger partial charge is 0.326 e. The van der Waals surface area contributed by atoms with E-state index in [2.05, 4.69) is 0 Å². The number of nitrogens with zero attached hydrogens (tertiary/aromatic N) is 2. The molecular formula is C6H10N2O2. The van der Waals surface area contributed by atoms with Gasteiger partial charge in [0.05, 0.1) is 0 Å². The normalized spacial score (nSPS) is 26.5. The first-order chi connectivity index (χ1) is 4.55. The van der Waals surface area contributed by atoms with E-state index >= 15 is 0 Å². The molecule has 0 saturated carbocycles. The van der Waals surface area contributed by atoms with Crippen LogP contribution in [-0.2, 0) is 4.79 Å². The van der Waals surface area contributed by atoms with E-state index < -0.39 is 0 Å². The molecule has 1 atom stereocenters. The number of amides is 3. The fraction of sp³-hybridized carbons (Fsp3) is 0.667. The summed E-state index contributed by atoms with van der Waals surface area (Å²) in [6.07, 6.45) is 0. The molecule has 1 aliphatic heterocycles. The minimum atomic E-state index is -0.294. The number of carbonyl (C=O) groups excluding carboxylic acids is 2. The summed E-state index contributed by atoms with van der Waals surface area (Å²) in [5, 5.41) is 0. The lowest BCUT2D eigenvalue weighted by Gasteiger charge is -2.09. The van der Waals surface area contributed by atoms with Gasteiger partial charge in [-0.2, -0.15) is 0 Å². The van der Waals surface area contributed by atoms with Crippen LogP contribution in [0.4, 0.5) is 4.79 Å². The Morgan fingerprint density at radius 1 is 1.30 bits per heavy atom. The molecule has 4 heteroatoms. The quantitative estimate of drug-likeness (QED) is 0.443. The highest BCUT2D eigenvalue weighted by Gasteiger charge is 2.37. The predicted octanol–water partition coefficient (Wildman–Crippen LogP) is -0.101. The van der Waals surface area contributed by atoms with Crippen LogP contribution in [0.5, 0.6) is 0 Å². The van der Waals surface area contributed by atoms with Gasteiger partial charge >= 0.3 is 6.03 Å². The Hall–Kier alpha value is -1.06. The van der Waals surface area contributed by atoms with Gasteiger partial charge in [0.2, 0.25) is 0 Å². The monoisotopic (exact) mass is 142 g/mol. The van der Waals surface area contributed by atoms with E-state index in [1.54, 1.807) is 14.0 Å². The van der Waals surface area contributed by atoms with Gasteiger partial charge in [0.15, 0.2) is 0 Å². The molecular weight excluding hydrogens is 132 g/mol. The number of urea groups is 1. The van der Waals surface area contributed by atoms with Gasteiger partial charge in [0.25, 0.3) is 5.91 Å². The van der Waals surface area contributed by atoms with Gasteiger partial charge in [-0.1, -0.05) is 0 Å². The molecule has 1 rings (SSSR count). The van der Waals surface area contributed by atoms with Crippen LogP contribution in [0, 0.1) is 0 Å². The molecule has 0 bridgehead atoms. The smallest absolute Gasteiger partial charge is 0.316 e. The minimum absolute atomic E-state index is 0.132. The van der Waals surface area contributed by atoms with Gasteiger partial charge in [0.1, 0.15) is 6.04 Å². The average Bonchev–Trinajstić information content (AvgIpc) is 2.07. The molecule has 0 aliphatic carbocycles. The lowest BCUT2D eigenvalue weighted by Crippen LogP contribution is -2.28. The molecule has 3 amide bonds. The van der Waals surface area contributed by atoms with Crippen LogP contribution in [0.25, 0.3) is 0 Å². The molecule has 1 fully saturated rings. The van der Waals surface area contributed by atoms with E-state index in [1.165, 1.54) is 11.9 Å². The van der Waals surface area contributed by atoms with E-state index in [4.69, 9.17) is 0 Å². The molecule has 0 N–H and O–H groups in total. The highest BCUT2D eigenvalue weighted by molar-refractivity contribution is 6.03. The Balaban J connectivity index is 2.89. The summed E-state index contributed by atoms with van der Waals surface area (Å²) >= 11 is 0. The molecule has 0 spiro atoms. The van der Waals surface area contributed by atoms with E-state index in [0.29, 0.717) is 0 Å². The van der Waals surface area contributed by atoms with Crippen LogP contribution >= 0.6 is 0 Å². The third-order valence-corrected chi connectivity index (χ3v) is 1.86. The molecule has 1 heterocycles. The van der Waals surface area contributed by atoms with Gasteiger partial charge in [-0.3, -0.25) is 9.69 Å². The highest BCUT2D eigenvalue weighted by atomic mass is 16.2. The number of likely N-dealkylation sites (N-methyl/N-ethyl adjacent to an activating group) is 2. The van der Waals surface area contributed by atoms with Crippen LogP contribution in [-0.4, -0.2) is 41.9 Å². The Morgan fingerprint density at radius 2 is 1.80 bits per heavy atom. The van der Waals surface area contributed by atoms with E-state index in [1.807, 2.05) is 0 Å². The minimum Gasteiger partial charge on any atom is -0.316 e. The Morgan fingerprint density at radius 3 is 1.90 bits per heavy atom. The van der Waals surface area contributed by atoms with Crippen LogP contribution < -0.4 is 0 Å². The number of hydrogen-bond acceptors (Lipinski definition) is 2. The second-order valence-corrected chi connectivity index (χ2v) is 2.47. The van der Waals surface area contributed by atoms with Crippen molar-refractivity contribution >= 4 is 11.9 Å². The standard InChI is InChI=1S/C6H10N2O2/c1-4-5(9)8(3)6(10)7(4)2/h4H,1-3H3/t4-/m0/s1. The van der Waals surface area contributed by atoms with E-state index in [9.17, 15) is 9.59 Å². The zero-order valence-electron chi connectivity index (χ0n) is 6.29. The molecule has 56 valence electrons. The van der Waals surface area contributed by atoms with E-state index in [-0.39, 0.29) is 18.0 Å². The molecule has 0 radical (unpaired) electrons. The summed E-state index contributed by atoms with van der Waals surface area (Å²) in [5.74, 6) is -0.132. The Kier molecular flexibility index (Phi) is 1.39. The van der Waals surface area contributed by atoms with Crippen molar-refractivity contribution in [3.63, 3.8) is 0 Å². The fourth-order valence-electron chi connectivity index (χ4n) is 0.942. The van der Waals surface area contributed by atoms with Crippen LogP contribution in [0.2, 0.25) is 0 Å². The van der Waals surface area contributed by atoms with Crippen molar-refractivity contribution in [3.05, 3.63) is 0 Å². The maximum atomic E-state index is 11.0. The molecule has 10 heavy (non-hydrogen) atoms. The predicted molar refractivity (Wildman–Crippen MR) is 35.4 cm³/mol. The van der Waals surface area contributed by atoms with Gasteiger partial charge in [-0.05, 0) is 6.92 Å². The maximum Gasteiger partial charge on any atom is 0.326 e. The van der Waals surface area contributed by atoms with Crippen molar-refractivity contribution in [2.45, 2.75) is 13.0 Å². The molecule has 0 unspecified atom stereocenters. The summed E-state index contributed by atoms with van der Waals surface area (Å²) in [7, 11) is 3.11. The first-order valence-corrected chi connectivity index (χ1v) is 3.10. The Labute approximate surface area is 59.4 Å². The van der Waals surface area contributed by atoms with Crippen LogP contribution in [0.1, 0.15) is 6.92 Å². The number of rotatable bonds is 0. The molecule has 4 nitrogen and oxygen atoms in total. The van der Waals surface area contributed by atoms with Crippen molar-refractivity contribution in [3.8, 4) is 0 Å². The first kappa shape index (κ1) is 7.05. The van der Waals surface area contributed by atoms with Crippen molar-refractivity contribution in [2.75, 3.05) is 14.1 Å². The third kappa shape index (κ3) is 0.683. The van der Waals surface area contributed by atoms with Crippen LogP contribution in [0.3, 0.4) is 0 Å². The van der Waals surface area contributed by atoms with Crippen molar-refractivity contribution in [2.24, 2.45) is 0 Å². The fourth-order valence-corrected chi connectivity index (χ4v) is 0.942. The van der Waals surface area contributed by atoms with Gasteiger partial charge in [0, 0.05) is 14.1 Å². The number of carbonyl (C=O) groups is 2. The molecule has 1 aliphatic rings. The molecule has 1 saturated heterocycles. The van der Waals surface area contributed by atoms with Gasteiger partial charge in [-0.25, -0.2) is 4.79 Å². The van der Waals surface area contributed by atoms with Crippen molar-refractivity contribution in [1.82, 2.24) is 9.80 Å². The highest BCUT2D eigenvalue weighted by Crippen LogP contribution is 2.11. The van der Waals surface area contributed by atoms with Crippen molar-refractivity contribution < 1.29 is 9.59 Å². The number of hydrogen-bond donors (Lipinski definition) is 0. The second-order valence-electron chi connectivity index (χ2n) is 2.47. The summed E-state index contributed by atoms with van der Waals surface area (Å²) < 4.78 is 0. The van der Waals surface area contributed by atoms with Crippen LogP contribution in [0.15, 0.2) is 0 Å². The van der Waals surface area contributed by atoms with E-state index in [0.717, 1.165) is 4.90 Å². The topological polar surface area (TPSA) is 40.6 Å². The average molecular weight is 142 g/mol.